The molecule has 8 heteroatoms. The summed E-state index contributed by atoms with van der Waals surface area (Å²) in [4.78, 5) is 26.2. The van der Waals surface area contributed by atoms with E-state index in [2.05, 4.69) is 21.9 Å². The molecule has 1 heterocycles. The molecule has 0 atom stereocenters. The van der Waals surface area contributed by atoms with Crippen LogP contribution >= 0.6 is 27.7 Å². The third kappa shape index (κ3) is 5.51. The molecule has 0 aromatic heterocycles. The second-order valence-corrected chi connectivity index (χ2v) is 7.28. The Bertz CT molecular complexity index is 787. The van der Waals surface area contributed by atoms with Gasteiger partial charge in [0.05, 0.1) is 16.0 Å². The van der Waals surface area contributed by atoms with E-state index in [0.717, 1.165) is 11.8 Å². The number of halogens is 1. The highest BCUT2D eigenvalue weighted by atomic mass is 79.9. The van der Waals surface area contributed by atoms with E-state index in [4.69, 9.17) is 20.6 Å². The molecule has 1 aliphatic heterocycles. The SMILES string of the molecule is C#CCOc1c(Br)cc(/C=C2/SC(=O)N(CCCOC)C2=O)cc1OCC. The number of hydrogen-bond donors (Lipinski definition) is 0. The predicted molar refractivity (Wildman–Crippen MR) is 109 cm³/mol. The van der Waals surface area contributed by atoms with Crippen molar-refractivity contribution in [3.8, 4) is 23.8 Å². The van der Waals surface area contributed by atoms with E-state index in [1.165, 1.54) is 4.90 Å². The molecule has 1 aromatic carbocycles. The van der Waals surface area contributed by atoms with Gasteiger partial charge in [0, 0.05) is 20.3 Å². The number of thioether (sulfide) groups is 1. The predicted octanol–water partition coefficient (Wildman–Crippen LogP) is 3.93. The van der Waals surface area contributed by atoms with Gasteiger partial charge in [0.25, 0.3) is 11.1 Å². The first kappa shape index (κ1) is 21.4. The molecule has 144 valence electrons. The molecule has 2 rings (SSSR count). The quantitative estimate of drug-likeness (QED) is 0.320. The fraction of sp³-hybridized carbons (Fsp3) is 0.368. The molecule has 27 heavy (non-hydrogen) atoms. The summed E-state index contributed by atoms with van der Waals surface area (Å²) in [5.74, 6) is 3.12. The van der Waals surface area contributed by atoms with Gasteiger partial charge in [-0.05, 0) is 64.8 Å². The number of carbonyl (C=O) groups is 2. The van der Waals surface area contributed by atoms with Gasteiger partial charge in [0.15, 0.2) is 11.5 Å². The van der Waals surface area contributed by atoms with E-state index in [1.807, 2.05) is 6.92 Å². The Hall–Kier alpha value is -1.95. The lowest BCUT2D eigenvalue weighted by molar-refractivity contribution is -0.122. The van der Waals surface area contributed by atoms with Crippen LogP contribution in [0.3, 0.4) is 0 Å². The van der Waals surface area contributed by atoms with E-state index >= 15 is 0 Å². The van der Waals surface area contributed by atoms with Crippen LogP contribution in [-0.2, 0) is 9.53 Å². The normalized spacial score (nSPS) is 15.3. The van der Waals surface area contributed by atoms with Gasteiger partial charge < -0.3 is 14.2 Å². The van der Waals surface area contributed by atoms with Crippen molar-refractivity contribution in [2.75, 3.05) is 33.5 Å². The topological polar surface area (TPSA) is 65.1 Å². The summed E-state index contributed by atoms with van der Waals surface area (Å²) in [5, 5.41) is -0.277. The van der Waals surface area contributed by atoms with Gasteiger partial charge in [-0.25, -0.2) is 0 Å². The zero-order valence-corrected chi connectivity index (χ0v) is 17.5. The smallest absolute Gasteiger partial charge is 0.293 e. The zero-order chi connectivity index (χ0) is 19.8. The number of benzene rings is 1. The molecule has 1 aliphatic rings. The first-order chi connectivity index (χ1) is 13.0. The minimum atomic E-state index is -0.303. The Kier molecular flexibility index (Phi) is 8.23. The second kappa shape index (κ2) is 10.4. The van der Waals surface area contributed by atoms with Crippen LogP contribution in [0.15, 0.2) is 21.5 Å². The lowest BCUT2D eigenvalue weighted by atomic mass is 10.2. The van der Waals surface area contributed by atoms with Crippen LogP contribution in [0.2, 0.25) is 0 Å². The van der Waals surface area contributed by atoms with Gasteiger partial charge in [0.1, 0.15) is 6.61 Å². The van der Waals surface area contributed by atoms with Crippen LogP contribution in [0.4, 0.5) is 4.79 Å². The molecule has 1 saturated heterocycles. The summed E-state index contributed by atoms with van der Waals surface area (Å²) in [6.07, 6.45) is 7.52. The van der Waals surface area contributed by atoms with Gasteiger partial charge in [0.2, 0.25) is 0 Å². The number of terminal acetylenes is 1. The van der Waals surface area contributed by atoms with Crippen molar-refractivity contribution in [1.29, 1.82) is 0 Å². The fourth-order valence-corrected chi connectivity index (χ4v) is 3.84. The van der Waals surface area contributed by atoms with Crippen LogP contribution in [-0.4, -0.2) is 49.5 Å². The maximum atomic E-state index is 12.5. The van der Waals surface area contributed by atoms with Gasteiger partial charge in [-0.1, -0.05) is 5.92 Å². The Labute approximate surface area is 171 Å². The van der Waals surface area contributed by atoms with Gasteiger partial charge in [-0.2, -0.15) is 0 Å². The van der Waals surface area contributed by atoms with Crippen LogP contribution in [0, 0.1) is 12.3 Å². The summed E-state index contributed by atoms with van der Waals surface area (Å²) >= 11 is 4.36. The molecule has 1 aromatic rings. The highest BCUT2D eigenvalue weighted by Gasteiger charge is 2.34. The van der Waals surface area contributed by atoms with Crippen LogP contribution in [0.1, 0.15) is 18.9 Å². The van der Waals surface area contributed by atoms with Crippen LogP contribution in [0.5, 0.6) is 11.5 Å². The Balaban J connectivity index is 2.26. The van der Waals surface area contributed by atoms with Crippen LogP contribution in [0.25, 0.3) is 6.08 Å². The van der Waals surface area contributed by atoms with Gasteiger partial charge in [-0.3, -0.25) is 14.5 Å². The van der Waals surface area contributed by atoms with Crippen molar-refractivity contribution in [1.82, 2.24) is 4.90 Å². The summed E-state index contributed by atoms with van der Waals surface area (Å²) < 4.78 is 16.8. The van der Waals surface area contributed by atoms with Crippen molar-refractivity contribution in [2.45, 2.75) is 13.3 Å². The molecule has 1 fully saturated rings. The first-order valence-electron chi connectivity index (χ1n) is 8.28. The average Bonchev–Trinajstić information content (AvgIpc) is 2.89. The van der Waals surface area contributed by atoms with E-state index in [1.54, 1.807) is 25.3 Å². The molecule has 6 nitrogen and oxygen atoms in total. The Morgan fingerprint density at radius 2 is 2.11 bits per heavy atom. The third-order valence-corrected chi connectivity index (χ3v) is 5.03. The van der Waals surface area contributed by atoms with Crippen molar-refractivity contribution in [3.63, 3.8) is 0 Å². The molecular formula is C19H20BrNO5S. The molecule has 0 spiro atoms. The highest BCUT2D eigenvalue weighted by molar-refractivity contribution is 9.10. The van der Waals surface area contributed by atoms with Crippen molar-refractivity contribution in [3.05, 3.63) is 27.1 Å². The first-order valence-corrected chi connectivity index (χ1v) is 9.89. The van der Waals surface area contributed by atoms with Crippen molar-refractivity contribution in [2.24, 2.45) is 0 Å². The highest BCUT2D eigenvalue weighted by Crippen LogP contribution is 2.39. The zero-order valence-electron chi connectivity index (χ0n) is 15.1. The third-order valence-electron chi connectivity index (χ3n) is 3.53. The summed E-state index contributed by atoms with van der Waals surface area (Å²) in [7, 11) is 1.58. The number of rotatable bonds is 9. The summed E-state index contributed by atoms with van der Waals surface area (Å²) in [6.45, 7) is 3.24. The monoisotopic (exact) mass is 453 g/mol. The summed E-state index contributed by atoms with van der Waals surface area (Å²) in [6, 6.07) is 3.53. The molecule has 0 unspecified atom stereocenters. The molecule has 0 bridgehead atoms. The van der Waals surface area contributed by atoms with Crippen molar-refractivity contribution >= 4 is 44.9 Å². The number of methoxy groups -OCH3 is 1. The molecule has 0 N–H and O–H groups in total. The van der Waals surface area contributed by atoms with E-state index < -0.39 is 0 Å². The minimum absolute atomic E-state index is 0.110. The molecule has 0 aliphatic carbocycles. The Morgan fingerprint density at radius 1 is 1.33 bits per heavy atom. The van der Waals surface area contributed by atoms with Crippen molar-refractivity contribution < 1.29 is 23.8 Å². The molecule has 2 amide bonds. The summed E-state index contributed by atoms with van der Waals surface area (Å²) in [5.41, 5.74) is 0.709. The number of carbonyl (C=O) groups excluding carboxylic acids is 2. The number of ether oxygens (including phenoxy) is 3. The molecule has 0 radical (unpaired) electrons. The lowest BCUT2D eigenvalue weighted by Gasteiger charge is -2.13. The maximum absolute atomic E-state index is 12.5. The average molecular weight is 454 g/mol. The molecular weight excluding hydrogens is 434 g/mol. The number of amides is 2. The fourth-order valence-electron chi connectivity index (χ4n) is 2.40. The Morgan fingerprint density at radius 3 is 2.78 bits per heavy atom. The number of nitrogens with zero attached hydrogens (tertiary/aromatic N) is 1. The van der Waals surface area contributed by atoms with Crippen LogP contribution < -0.4 is 9.47 Å². The van der Waals surface area contributed by atoms with E-state index in [9.17, 15) is 9.59 Å². The lowest BCUT2D eigenvalue weighted by Crippen LogP contribution is -2.29. The standard InChI is InChI=1S/C19H20BrNO5S/c1-4-8-26-17-14(20)10-13(11-15(17)25-5-2)12-16-18(22)21(19(23)27-16)7-6-9-24-3/h1,10-12H,5-9H2,2-3H3/b16-12+. The van der Waals surface area contributed by atoms with E-state index in [0.29, 0.717) is 52.6 Å². The molecule has 0 saturated carbocycles. The minimum Gasteiger partial charge on any atom is -0.490 e. The van der Waals surface area contributed by atoms with E-state index in [-0.39, 0.29) is 17.8 Å². The maximum Gasteiger partial charge on any atom is 0.293 e. The van der Waals surface area contributed by atoms with Gasteiger partial charge in [-0.15, -0.1) is 6.42 Å². The number of hydrogen-bond acceptors (Lipinski definition) is 6. The second-order valence-electron chi connectivity index (χ2n) is 5.44. The van der Waals surface area contributed by atoms with Gasteiger partial charge >= 0.3 is 0 Å². The largest absolute Gasteiger partial charge is 0.490 e. The number of imide groups is 1.